The third kappa shape index (κ3) is 4.25. The molecule has 0 saturated carbocycles. The lowest BCUT2D eigenvalue weighted by Gasteiger charge is -2.20. The van der Waals surface area contributed by atoms with E-state index in [9.17, 15) is 8.78 Å². The molecule has 0 aliphatic heterocycles. The second-order valence-corrected chi connectivity index (χ2v) is 6.01. The average Bonchev–Trinajstić information content (AvgIpc) is 2.44. The molecular formula is C16H15BrClF2N. The molecular weight excluding hydrogens is 360 g/mol. The van der Waals surface area contributed by atoms with Crippen molar-refractivity contribution in [1.29, 1.82) is 0 Å². The molecule has 2 rings (SSSR count). The maximum atomic E-state index is 13.9. The molecule has 0 spiro atoms. The normalized spacial score (nSPS) is 12.4. The molecule has 112 valence electrons. The minimum absolute atomic E-state index is 0.184. The van der Waals surface area contributed by atoms with Crippen LogP contribution in [0.25, 0.3) is 0 Å². The number of hydrogen-bond acceptors (Lipinski definition) is 1. The average molecular weight is 375 g/mol. The van der Waals surface area contributed by atoms with Crippen molar-refractivity contribution in [2.24, 2.45) is 0 Å². The molecule has 1 nitrogen and oxygen atoms in total. The maximum absolute atomic E-state index is 13.9. The Hall–Kier alpha value is -0.970. The van der Waals surface area contributed by atoms with Crippen LogP contribution in [0, 0.1) is 11.6 Å². The molecule has 0 bridgehead atoms. The summed E-state index contributed by atoms with van der Waals surface area (Å²) in [6, 6.07) is 8.94. The molecule has 2 aromatic rings. The zero-order chi connectivity index (χ0) is 15.4. The van der Waals surface area contributed by atoms with Gasteiger partial charge in [-0.1, -0.05) is 40.5 Å². The summed E-state index contributed by atoms with van der Waals surface area (Å²) in [4.78, 5) is 0. The lowest BCUT2D eigenvalue weighted by Crippen LogP contribution is -2.24. The van der Waals surface area contributed by atoms with Gasteiger partial charge in [0.25, 0.3) is 0 Å². The number of likely N-dealkylation sites (N-methyl/N-ethyl adjacent to an activating group) is 1. The van der Waals surface area contributed by atoms with E-state index in [1.807, 2.05) is 6.92 Å². The second kappa shape index (κ2) is 7.34. The highest BCUT2D eigenvalue weighted by atomic mass is 79.9. The van der Waals surface area contributed by atoms with E-state index in [1.165, 1.54) is 18.2 Å². The van der Waals surface area contributed by atoms with Gasteiger partial charge in [0.1, 0.15) is 11.6 Å². The third-order valence-electron chi connectivity index (χ3n) is 3.22. The first-order valence-corrected chi connectivity index (χ1v) is 7.80. The van der Waals surface area contributed by atoms with Gasteiger partial charge in [-0.05, 0) is 54.4 Å². The van der Waals surface area contributed by atoms with Crippen LogP contribution in [-0.4, -0.2) is 6.54 Å². The van der Waals surface area contributed by atoms with Crippen LogP contribution in [0.5, 0.6) is 0 Å². The van der Waals surface area contributed by atoms with Gasteiger partial charge in [0.2, 0.25) is 0 Å². The predicted molar refractivity (Wildman–Crippen MR) is 85.6 cm³/mol. The van der Waals surface area contributed by atoms with Crippen LogP contribution in [0.3, 0.4) is 0 Å². The molecule has 0 aliphatic carbocycles. The molecule has 0 fully saturated rings. The fourth-order valence-electron chi connectivity index (χ4n) is 2.23. The van der Waals surface area contributed by atoms with Crippen LogP contribution in [0.1, 0.15) is 24.1 Å². The Bertz CT molecular complexity index is 634. The van der Waals surface area contributed by atoms with Crippen molar-refractivity contribution >= 4 is 27.5 Å². The van der Waals surface area contributed by atoms with E-state index in [4.69, 9.17) is 11.6 Å². The van der Waals surface area contributed by atoms with Gasteiger partial charge in [-0.3, -0.25) is 0 Å². The fraction of sp³-hybridized carbons (Fsp3) is 0.250. The molecule has 0 aromatic heterocycles. The van der Waals surface area contributed by atoms with E-state index in [1.54, 1.807) is 18.2 Å². The van der Waals surface area contributed by atoms with E-state index in [2.05, 4.69) is 21.2 Å². The fourth-order valence-corrected chi connectivity index (χ4v) is 2.91. The molecule has 0 amide bonds. The van der Waals surface area contributed by atoms with Gasteiger partial charge in [-0.25, -0.2) is 8.78 Å². The van der Waals surface area contributed by atoms with Crippen LogP contribution >= 0.6 is 27.5 Å². The summed E-state index contributed by atoms with van der Waals surface area (Å²) in [5, 5.41) is 3.63. The lowest BCUT2D eigenvalue weighted by atomic mass is 9.98. The number of nitrogens with one attached hydrogen (secondary N) is 1. The van der Waals surface area contributed by atoms with Crippen LogP contribution in [0.15, 0.2) is 40.9 Å². The zero-order valence-electron chi connectivity index (χ0n) is 11.5. The van der Waals surface area contributed by atoms with Gasteiger partial charge in [0.05, 0.1) is 0 Å². The highest BCUT2D eigenvalue weighted by Crippen LogP contribution is 2.28. The minimum atomic E-state index is -0.349. The van der Waals surface area contributed by atoms with Gasteiger partial charge in [-0.15, -0.1) is 0 Å². The first kappa shape index (κ1) is 16.4. The van der Waals surface area contributed by atoms with Gasteiger partial charge in [0.15, 0.2) is 0 Å². The van der Waals surface area contributed by atoms with Crippen LogP contribution < -0.4 is 5.32 Å². The van der Waals surface area contributed by atoms with Gasteiger partial charge < -0.3 is 5.32 Å². The SMILES string of the molecule is CCNC(Cc1ccc(Cl)cc1F)c1cc(F)ccc1Br. The summed E-state index contributed by atoms with van der Waals surface area (Å²) in [7, 11) is 0. The zero-order valence-corrected chi connectivity index (χ0v) is 13.8. The maximum Gasteiger partial charge on any atom is 0.127 e. The first-order chi connectivity index (χ1) is 10.0. The molecule has 0 aliphatic rings. The van der Waals surface area contributed by atoms with E-state index in [0.717, 1.165) is 10.0 Å². The van der Waals surface area contributed by atoms with Crippen molar-refractivity contribution in [1.82, 2.24) is 5.32 Å². The van der Waals surface area contributed by atoms with Crippen molar-refractivity contribution in [3.8, 4) is 0 Å². The number of benzene rings is 2. The van der Waals surface area contributed by atoms with Gasteiger partial charge in [-0.2, -0.15) is 0 Å². The van der Waals surface area contributed by atoms with Crippen molar-refractivity contribution in [2.45, 2.75) is 19.4 Å². The summed E-state index contributed by atoms with van der Waals surface area (Å²) in [6.45, 7) is 2.65. The van der Waals surface area contributed by atoms with Crippen molar-refractivity contribution in [3.63, 3.8) is 0 Å². The highest BCUT2D eigenvalue weighted by molar-refractivity contribution is 9.10. The summed E-state index contributed by atoms with van der Waals surface area (Å²) >= 11 is 9.19. The Morgan fingerprint density at radius 3 is 2.62 bits per heavy atom. The quantitative estimate of drug-likeness (QED) is 0.751. The van der Waals surface area contributed by atoms with Crippen LogP contribution in [0.4, 0.5) is 8.78 Å². The minimum Gasteiger partial charge on any atom is -0.310 e. The van der Waals surface area contributed by atoms with E-state index < -0.39 is 0 Å². The molecule has 2 aromatic carbocycles. The molecule has 0 radical (unpaired) electrons. The van der Waals surface area contributed by atoms with Crippen LogP contribution in [-0.2, 0) is 6.42 Å². The van der Waals surface area contributed by atoms with Crippen LogP contribution in [0.2, 0.25) is 5.02 Å². The largest absolute Gasteiger partial charge is 0.310 e. The Labute approximate surface area is 136 Å². The molecule has 0 saturated heterocycles. The third-order valence-corrected chi connectivity index (χ3v) is 4.18. The molecule has 1 atom stereocenters. The summed E-state index contributed by atoms with van der Waals surface area (Å²) in [6.07, 6.45) is 0.416. The number of hydrogen-bond donors (Lipinski definition) is 1. The predicted octanol–water partition coefficient (Wildman–Crippen LogP) is 5.27. The summed E-state index contributed by atoms with van der Waals surface area (Å²) < 4.78 is 28.2. The number of rotatable bonds is 5. The van der Waals surface area contributed by atoms with Gasteiger partial charge >= 0.3 is 0 Å². The second-order valence-electron chi connectivity index (χ2n) is 4.72. The number of halogens is 4. The molecule has 21 heavy (non-hydrogen) atoms. The summed E-state index contributed by atoms with van der Waals surface area (Å²) in [5.41, 5.74) is 1.31. The first-order valence-electron chi connectivity index (χ1n) is 6.63. The van der Waals surface area contributed by atoms with Gasteiger partial charge in [0, 0.05) is 15.5 Å². The van der Waals surface area contributed by atoms with E-state index >= 15 is 0 Å². The Balaban J connectivity index is 2.32. The Morgan fingerprint density at radius 2 is 1.95 bits per heavy atom. The van der Waals surface area contributed by atoms with Crippen molar-refractivity contribution in [3.05, 3.63) is 68.7 Å². The molecule has 0 heterocycles. The van der Waals surface area contributed by atoms with Crippen molar-refractivity contribution < 1.29 is 8.78 Å². The monoisotopic (exact) mass is 373 g/mol. The molecule has 1 N–H and O–H groups in total. The smallest absolute Gasteiger partial charge is 0.127 e. The Morgan fingerprint density at radius 1 is 1.19 bits per heavy atom. The van der Waals surface area contributed by atoms with Crippen molar-refractivity contribution in [2.75, 3.05) is 6.54 Å². The molecule has 5 heteroatoms. The topological polar surface area (TPSA) is 12.0 Å². The lowest BCUT2D eigenvalue weighted by molar-refractivity contribution is 0.522. The Kier molecular flexibility index (Phi) is 5.73. The standard InChI is InChI=1S/C16H15BrClF2N/c1-2-21-16(13-9-12(19)5-6-14(13)17)7-10-3-4-11(18)8-15(10)20/h3-6,8-9,16,21H,2,7H2,1H3. The van der Waals surface area contributed by atoms with E-state index in [0.29, 0.717) is 23.6 Å². The molecule has 1 unspecified atom stereocenters. The summed E-state index contributed by atoms with van der Waals surface area (Å²) in [5.74, 6) is -0.661. The van der Waals surface area contributed by atoms with E-state index in [-0.39, 0.29) is 17.7 Å². The highest BCUT2D eigenvalue weighted by Gasteiger charge is 2.17.